The van der Waals surface area contributed by atoms with Gasteiger partial charge in [0.1, 0.15) is 0 Å². The lowest BCUT2D eigenvalue weighted by molar-refractivity contribution is 0.281. The van der Waals surface area contributed by atoms with E-state index in [1.165, 1.54) is 0 Å². The Bertz CT molecular complexity index is 268. The van der Waals surface area contributed by atoms with Crippen LogP contribution in [0.2, 0.25) is 0 Å². The number of hydrogen-bond acceptors (Lipinski definition) is 1. The van der Waals surface area contributed by atoms with Crippen LogP contribution in [-0.2, 0) is 6.61 Å². The van der Waals surface area contributed by atoms with Crippen molar-refractivity contribution in [3.63, 3.8) is 0 Å². The lowest BCUT2D eigenvalue weighted by Gasteiger charge is -1.99. The van der Waals surface area contributed by atoms with Crippen LogP contribution in [0.3, 0.4) is 0 Å². The highest BCUT2D eigenvalue weighted by Crippen LogP contribution is 2.15. The first-order valence-corrected chi connectivity index (χ1v) is 3.99. The van der Waals surface area contributed by atoms with Crippen molar-refractivity contribution in [1.82, 2.24) is 0 Å². The van der Waals surface area contributed by atoms with Crippen molar-refractivity contribution in [1.29, 1.82) is 0 Å². The first-order valence-electron chi connectivity index (χ1n) is 3.19. The molecule has 0 amide bonds. The van der Waals surface area contributed by atoms with Gasteiger partial charge in [-0.1, -0.05) is 22.5 Å². The minimum Gasteiger partial charge on any atom is -0.392 e. The van der Waals surface area contributed by atoms with Crippen LogP contribution in [0.1, 0.15) is 11.1 Å². The Morgan fingerprint density at radius 3 is 2.73 bits per heavy atom. The van der Waals surface area contributed by atoms with E-state index >= 15 is 0 Å². The highest BCUT2D eigenvalue weighted by Gasteiger charge is 1.94. The number of aliphatic hydroxyl groups is 1. The quantitative estimate of drug-likeness (QED) is 0.797. The van der Waals surface area contributed by atoms with E-state index in [0.717, 1.165) is 15.6 Å². The molecular formula is C9H8BrO. The third kappa shape index (κ3) is 2.17. The Morgan fingerprint density at radius 2 is 2.18 bits per heavy atom. The number of rotatable bonds is 2. The Balaban J connectivity index is 3.11. The van der Waals surface area contributed by atoms with Crippen molar-refractivity contribution in [2.45, 2.75) is 6.61 Å². The summed E-state index contributed by atoms with van der Waals surface area (Å²) in [7, 11) is 0. The van der Waals surface area contributed by atoms with Crippen molar-refractivity contribution in [2.24, 2.45) is 0 Å². The summed E-state index contributed by atoms with van der Waals surface area (Å²) in [6.07, 6.45) is 2.75. The third-order valence-electron chi connectivity index (χ3n) is 1.34. The van der Waals surface area contributed by atoms with Gasteiger partial charge in [0.05, 0.1) is 6.61 Å². The molecule has 0 aliphatic rings. The average molecular weight is 212 g/mol. The van der Waals surface area contributed by atoms with Crippen LogP contribution >= 0.6 is 15.9 Å². The molecule has 1 nitrogen and oxygen atoms in total. The van der Waals surface area contributed by atoms with Gasteiger partial charge >= 0.3 is 0 Å². The summed E-state index contributed by atoms with van der Waals surface area (Å²) < 4.78 is 0.940. The standard InChI is InChI=1S/C9H8BrO/c1-2-7-3-8(6-11)5-9(10)4-7/h3-5,11H,1,6H2. The zero-order valence-electron chi connectivity index (χ0n) is 5.97. The monoisotopic (exact) mass is 211 g/mol. The third-order valence-corrected chi connectivity index (χ3v) is 1.80. The zero-order valence-corrected chi connectivity index (χ0v) is 7.56. The molecule has 0 spiro atoms. The number of benzene rings is 1. The average Bonchev–Trinajstić information content (AvgIpc) is 2.03. The highest BCUT2D eigenvalue weighted by molar-refractivity contribution is 9.10. The smallest absolute Gasteiger partial charge is 0.0682 e. The van der Waals surface area contributed by atoms with E-state index in [1.807, 2.05) is 18.2 Å². The second-order valence-electron chi connectivity index (χ2n) is 2.18. The van der Waals surface area contributed by atoms with Crippen LogP contribution in [-0.4, -0.2) is 5.11 Å². The molecule has 57 valence electrons. The van der Waals surface area contributed by atoms with E-state index in [-0.39, 0.29) is 6.61 Å². The van der Waals surface area contributed by atoms with Crippen molar-refractivity contribution in [3.8, 4) is 0 Å². The van der Waals surface area contributed by atoms with Gasteiger partial charge in [-0.05, 0) is 35.4 Å². The van der Waals surface area contributed by atoms with Crippen LogP contribution in [0.5, 0.6) is 0 Å². The van der Waals surface area contributed by atoms with Crippen LogP contribution in [0.15, 0.2) is 29.3 Å². The summed E-state index contributed by atoms with van der Waals surface area (Å²) in [4.78, 5) is 0. The molecule has 1 aromatic carbocycles. The molecule has 0 saturated carbocycles. The first kappa shape index (κ1) is 8.50. The van der Waals surface area contributed by atoms with Crippen molar-refractivity contribution < 1.29 is 5.11 Å². The van der Waals surface area contributed by atoms with Crippen LogP contribution < -0.4 is 0 Å². The van der Waals surface area contributed by atoms with Crippen LogP contribution in [0.4, 0.5) is 0 Å². The van der Waals surface area contributed by atoms with Gasteiger partial charge in [-0.2, -0.15) is 0 Å². The number of aliphatic hydroxyl groups excluding tert-OH is 1. The summed E-state index contributed by atoms with van der Waals surface area (Å²) in [6, 6.07) is 5.60. The second-order valence-corrected chi connectivity index (χ2v) is 3.10. The number of hydrogen-bond donors (Lipinski definition) is 1. The second kappa shape index (κ2) is 3.69. The van der Waals surface area contributed by atoms with Crippen LogP contribution in [0, 0.1) is 6.08 Å². The minimum absolute atomic E-state index is 0.0497. The molecule has 1 N–H and O–H groups in total. The molecule has 11 heavy (non-hydrogen) atoms. The van der Waals surface area contributed by atoms with E-state index in [9.17, 15) is 0 Å². The van der Waals surface area contributed by atoms with E-state index in [0.29, 0.717) is 0 Å². The fraction of sp³-hybridized carbons (Fsp3) is 0.111. The van der Waals surface area contributed by atoms with Gasteiger partial charge in [0.2, 0.25) is 0 Å². The summed E-state index contributed by atoms with van der Waals surface area (Å²) >= 11 is 3.32. The molecule has 0 atom stereocenters. The van der Waals surface area contributed by atoms with Crippen molar-refractivity contribution >= 4 is 15.9 Å². The van der Waals surface area contributed by atoms with Crippen LogP contribution in [0.25, 0.3) is 0 Å². The van der Waals surface area contributed by atoms with Gasteiger partial charge in [-0.15, -0.1) is 0 Å². The maximum Gasteiger partial charge on any atom is 0.0682 e. The maximum atomic E-state index is 8.81. The molecule has 1 rings (SSSR count). The van der Waals surface area contributed by atoms with E-state index < -0.39 is 0 Å². The molecule has 0 unspecified atom stereocenters. The molecule has 0 bridgehead atoms. The Hall–Kier alpha value is -0.600. The predicted octanol–water partition coefficient (Wildman–Crippen LogP) is 2.28. The summed E-state index contributed by atoms with van der Waals surface area (Å²) in [5.74, 6) is 0. The predicted molar refractivity (Wildman–Crippen MR) is 48.0 cm³/mol. The molecule has 0 aliphatic carbocycles. The first-order chi connectivity index (χ1) is 5.26. The van der Waals surface area contributed by atoms with Gasteiger partial charge in [0.15, 0.2) is 0 Å². The fourth-order valence-electron chi connectivity index (χ4n) is 0.844. The number of halogens is 1. The SMILES string of the molecule is C=[C]c1cc(Br)cc(CO)c1. The highest BCUT2D eigenvalue weighted by atomic mass is 79.9. The Kier molecular flexibility index (Phi) is 2.85. The van der Waals surface area contributed by atoms with E-state index in [2.05, 4.69) is 28.6 Å². The maximum absolute atomic E-state index is 8.81. The minimum atomic E-state index is 0.0497. The van der Waals surface area contributed by atoms with Crippen molar-refractivity contribution in [3.05, 3.63) is 46.5 Å². The van der Waals surface area contributed by atoms with E-state index in [1.54, 1.807) is 0 Å². The topological polar surface area (TPSA) is 20.2 Å². The summed E-state index contributed by atoms with van der Waals surface area (Å²) in [5, 5.41) is 8.81. The van der Waals surface area contributed by atoms with Gasteiger partial charge in [-0.25, -0.2) is 0 Å². The van der Waals surface area contributed by atoms with Gasteiger partial charge < -0.3 is 5.11 Å². The molecule has 0 saturated heterocycles. The normalized spacial score (nSPS) is 9.64. The lowest BCUT2D eigenvalue weighted by Crippen LogP contribution is -1.84. The van der Waals surface area contributed by atoms with Crippen molar-refractivity contribution in [2.75, 3.05) is 0 Å². The van der Waals surface area contributed by atoms with Gasteiger partial charge in [0, 0.05) is 4.47 Å². The Morgan fingerprint density at radius 1 is 1.45 bits per heavy atom. The molecular weight excluding hydrogens is 204 g/mol. The molecule has 0 fully saturated rings. The largest absolute Gasteiger partial charge is 0.392 e. The Labute approximate surface area is 74.5 Å². The van der Waals surface area contributed by atoms with E-state index in [4.69, 9.17) is 5.11 Å². The molecule has 0 heterocycles. The molecule has 1 radical (unpaired) electrons. The molecule has 1 aromatic rings. The molecule has 0 aliphatic heterocycles. The zero-order chi connectivity index (χ0) is 8.27. The van der Waals surface area contributed by atoms with Gasteiger partial charge in [0.25, 0.3) is 0 Å². The summed E-state index contributed by atoms with van der Waals surface area (Å²) in [6.45, 7) is 3.57. The summed E-state index contributed by atoms with van der Waals surface area (Å²) in [5.41, 5.74) is 1.76. The fourth-order valence-corrected chi connectivity index (χ4v) is 1.38. The lowest BCUT2D eigenvalue weighted by atomic mass is 10.1. The molecule has 0 aromatic heterocycles. The van der Waals surface area contributed by atoms with Gasteiger partial charge in [-0.3, -0.25) is 0 Å². The molecule has 2 heteroatoms.